The normalized spacial score (nSPS) is 10.0. The molecule has 0 saturated carbocycles. The number of nitrogens with one attached hydrogen (secondary N) is 2. The second kappa shape index (κ2) is 6.57. The van der Waals surface area contributed by atoms with Crippen molar-refractivity contribution in [2.24, 2.45) is 0 Å². The molecule has 1 aromatic heterocycles. The summed E-state index contributed by atoms with van der Waals surface area (Å²) in [6, 6.07) is 7.05. The largest absolute Gasteiger partial charge is 0.497 e. The minimum atomic E-state index is -1.38. The first kappa shape index (κ1) is 15.3. The lowest BCUT2D eigenvalue weighted by atomic mass is 10.1. The predicted molar refractivity (Wildman–Crippen MR) is 78.2 cm³/mol. The molecular weight excluding hydrogens is 288 g/mol. The Kier molecular flexibility index (Phi) is 4.57. The molecule has 0 radical (unpaired) electrons. The average molecular weight is 302 g/mol. The molecule has 0 aliphatic rings. The highest BCUT2D eigenvalue weighted by atomic mass is 16.5. The van der Waals surface area contributed by atoms with Crippen LogP contribution in [0.3, 0.4) is 0 Å². The van der Waals surface area contributed by atoms with Gasteiger partial charge in [0, 0.05) is 18.9 Å². The van der Waals surface area contributed by atoms with E-state index in [1.807, 2.05) is 0 Å². The highest BCUT2D eigenvalue weighted by Gasteiger charge is 2.16. The summed E-state index contributed by atoms with van der Waals surface area (Å²) in [5, 5.41) is 11.4. The van der Waals surface area contributed by atoms with Crippen molar-refractivity contribution in [1.29, 1.82) is 0 Å². The van der Waals surface area contributed by atoms with E-state index in [0.717, 1.165) is 11.8 Å². The second-order valence-corrected chi connectivity index (χ2v) is 4.45. The fraction of sp³-hybridized carbons (Fsp3) is 0.133. The van der Waals surface area contributed by atoms with Crippen LogP contribution < -0.4 is 15.5 Å². The first-order valence-corrected chi connectivity index (χ1v) is 6.38. The molecule has 0 atom stereocenters. The zero-order valence-electron chi connectivity index (χ0n) is 11.8. The Morgan fingerprint density at radius 2 is 1.82 bits per heavy atom. The molecular formula is C15H14N2O5. The number of ether oxygens (including phenoxy) is 1. The number of amides is 1. The lowest BCUT2D eigenvalue weighted by molar-refractivity contribution is 0.0695. The van der Waals surface area contributed by atoms with Crippen LogP contribution in [0.4, 0.5) is 0 Å². The highest BCUT2D eigenvalue weighted by molar-refractivity contribution is 5.96. The molecule has 2 rings (SSSR count). The Labute approximate surface area is 125 Å². The zero-order valence-corrected chi connectivity index (χ0v) is 11.8. The Morgan fingerprint density at radius 3 is 2.41 bits per heavy atom. The maximum Gasteiger partial charge on any atom is 0.341 e. The smallest absolute Gasteiger partial charge is 0.341 e. The molecule has 0 unspecified atom stereocenters. The average Bonchev–Trinajstić information content (AvgIpc) is 2.53. The third kappa shape index (κ3) is 3.32. The van der Waals surface area contributed by atoms with E-state index < -0.39 is 22.9 Å². The Bertz CT molecular complexity index is 749. The number of H-pyrrole nitrogens is 1. The third-order valence-corrected chi connectivity index (χ3v) is 3.03. The molecule has 7 heteroatoms. The summed E-state index contributed by atoms with van der Waals surface area (Å²) >= 11 is 0. The van der Waals surface area contributed by atoms with Crippen LogP contribution in [-0.4, -0.2) is 29.1 Å². The molecule has 114 valence electrons. The van der Waals surface area contributed by atoms with Crippen molar-refractivity contribution < 1.29 is 19.4 Å². The SMILES string of the molecule is COc1ccc(CNC(=O)c2c[nH]cc(C(=O)O)c2=O)cc1. The van der Waals surface area contributed by atoms with Crippen molar-refractivity contribution in [2.45, 2.75) is 6.54 Å². The van der Waals surface area contributed by atoms with Crippen molar-refractivity contribution in [3.8, 4) is 5.75 Å². The number of aromatic carboxylic acids is 1. The van der Waals surface area contributed by atoms with Crippen molar-refractivity contribution in [2.75, 3.05) is 7.11 Å². The zero-order chi connectivity index (χ0) is 16.1. The summed E-state index contributed by atoms with van der Waals surface area (Å²) in [6.07, 6.45) is 2.23. The summed E-state index contributed by atoms with van der Waals surface area (Å²) < 4.78 is 5.03. The van der Waals surface area contributed by atoms with Gasteiger partial charge in [-0.05, 0) is 17.7 Å². The van der Waals surface area contributed by atoms with Crippen molar-refractivity contribution >= 4 is 11.9 Å². The second-order valence-electron chi connectivity index (χ2n) is 4.45. The molecule has 0 spiro atoms. The number of aromatic nitrogens is 1. The number of hydrogen-bond donors (Lipinski definition) is 3. The number of rotatable bonds is 5. The van der Waals surface area contributed by atoms with Gasteiger partial charge in [-0.3, -0.25) is 9.59 Å². The highest BCUT2D eigenvalue weighted by Crippen LogP contribution is 2.11. The molecule has 0 fully saturated rings. The molecule has 0 saturated heterocycles. The van der Waals surface area contributed by atoms with Crippen molar-refractivity contribution in [3.05, 3.63) is 63.6 Å². The van der Waals surface area contributed by atoms with Gasteiger partial charge >= 0.3 is 5.97 Å². The fourth-order valence-electron chi connectivity index (χ4n) is 1.83. The van der Waals surface area contributed by atoms with Crippen molar-refractivity contribution in [1.82, 2.24) is 10.3 Å². The molecule has 22 heavy (non-hydrogen) atoms. The fourth-order valence-corrected chi connectivity index (χ4v) is 1.83. The van der Waals surface area contributed by atoms with Crippen LogP contribution in [0.25, 0.3) is 0 Å². The van der Waals surface area contributed by atoms with Crippen molar-refractivity contribution in [3.63, 3.8) is 0 Å². The van der Waals surface area contributed by atoms with Gasteiger partial charge in [-0.25, -0.2) is 4.79 Å². The van der Waals surface area contributed by atoms with Gasteiger partial charge in [0.1, 0.15) is 16.9 Å². The van der Waals surface area contributed by atoms with Crippen LogP contribution in [0.2, 0.25) is 0 Å². The van der Waals surface area contributed by atoms with Gasteiger partial charge in [-0.2, -0.15) is 0 Å². The van der Waals surface area contributed by atoms with Gasteiger partial charge < -0.3 is 20.1 Å². The standard InChI is InChI=1S/C15H14N2O5/c1-22-10-4-2-9(3-5-10)6-17-14(19)11-7-16-8-12(13(11)18)15(20)21/h2-5,7-8H,6H2,1H3,(H,16,18)(H,17,19)(H,20,21). The van der Waals surface area contributed by atoms with Gasteiger partial charge in [-0.1, -0.05) is 12.1 Å². The number of carboxylic acids is 1. The number of carbonyl (C=O) groups excluding carboxylic acids is 1. The van der Waals surface area contributed by atoms with E-state index in [-0.39, 0.29) is 12.1 Å². The summed E-state index contributed by atoms with van der Waals surface area (Å²) in [6.45, 7) is 0.208. The monoisotopic (exact) mass is 302 g/mol. The van der Waals surface area contributed by atoms with E-state index in [2.05, 4.69) is 10.3 Å². The summed E-state index contributed by atoms with van der Waals surface area (Å²) in [4.78, 5) is 37.2. The number of hydrogen-bond acceptors (Lipinski definition) is 4. The predicted octanol–water partition coefficient (Wildman–Crippen LogP) is 1.01. The van der Waals surface area contributed by atoms with Crippen LogP contribution >= 0.6 is 0 Å². The van der Waals surface area contributed by atoms with E-state index in [9.17, 15) is 14.4 Å². The number of methoxy groups -OCH3 is 1. The molecule has 0 aliphatic carbocycles. The topological polar surface area (TPSA) is 108 Å². The van der Waals surface area contributed by atoms with Crippen LogP contribution in [0, 0.1) is 0 Å². The summed E-state index contributed by atoms with van der Waals surface area (Å²) in [5.41, 5.74) is -0.719. The quantitative estimate of drug-likeness (QED) is 0.764. The lowest BCUT2D eigenvalue weighted by Crippen LogP contribution is -2.30. The molecule has 3 N–H and O–H groups in total. The number of benzene rings is 1. The van der Waals surface area contributed by atoms with Crippen LogP contribution in [0.1, 0.15) is 26.3 Å². The summed E-state index contributed by atoms with van der Waals surface area (Å²) in [7, 11) is 1.55. The van der Waals surface area contributed by atoms with Gasteiger partial charge in [-0.15, -0.1) is 0 Å². The number of carbonyl (C=O) groups is 2. The number of pyridine rings is 1. The molecule has 1 amide bonds. The number of carboxylic acid groups (broad SMARTS) is 1. The van der Waals surface area contributed by atoms with Gasteiger partial charge in [0.05, 0.1) is 7.11 Å². The Balaban J connectivity index is 2.11. The van der Waals surface area contributed by atoms with E-state index in [4.69, 9.17) is 9.84 Å². The maximum atomic E-state index is 12.0. The minimum absolute atomic E-state index is 0.208. The molecule has 7 nitrogen and oxygen atoms in total. The summed E-state index contributed by atoms with van der Waals surface area (Å²) in [5.74, 6) is -1.33. The van der Waals surface area contributed by atoms with Crippen LogP contribution in [0.5, 0.6) is 5.75 Å². The molecule has 2 aromatic rings. The molecule has 1 heterocycles. The molecule has 0 bridgehead atoms. The first-order valence-electron chi connectivity index (χ1n) is 6.38. The minimum Gasteiger partial charge on any atom is -0.497 e. The van der Waals surface area contributed by atoms with Gasteiger partial charge in [0.25, 0.3) is 5.91 Å². The van der Waals surface area contributed by atoms with Crippen LogP contribution in [-0.2, 0) is 6.54 Å². The van der Waals surface area contributed by atoms with Gasteiger partial charge in [0.15, 0.2) is 0 Å². The third-order valence-electron chi connectivity index (χ3n) is 3.03. The van der Waals surface area contributed by atoms with Crippen LogP contribution in [0.15, 0.2) is 41.5 Å². The van der Waals surface area contributed by atoms with E-state index in [1.54, 1.807) is 31.4 Å². The van der Waals surface area contributed by atoms with E-state index in [1.165, 1.54) is 6.20 Å². The van der Waals surface area contributed by atoms with E-state index >= 15 is 0 Å². The number of aromatic amines is 1. The van der Waals surface area contributed by atoms with Gasteiger partial charge in [0.2, 0.25) is 5.43 Å². The Morgan fingerprint density at radius 1 is 1.18 bits per heavy atom. The molecule has 1 aromatic carbocycles. The van der Waals surface area contributed by atoms with E-state index in [0.29, 0.717) is 5.75 Å². The lowest BCUT2D eigenvalue weighted by Gasteiger charge is -2.06. The Hall–Kier alpha value is -3.09. The molecule has 0 aliphatic heterocycles. The maximum absolute atomic E-state index is 12.0. The first-order chi connectivity index (χ1) is 10.5.